The van der Waals surface area contributed by atoms with Crippen molar-refractivity contribution in [2.24, 2.45) is 0 Å². The Morgan fingerprint density at radius 3 is 2.27 bits per heavy atom. The molecule has 0 bridgehead atoms. The van der Waals surface area contributed by atoms with Crippen molar-refractivity contribution in [1.29, 1.82) is 0 Å². The van der Waals surface area contributed by atoms with E-state index in [1.165, 1.54) is 19.2 Å². The van der Waals surface area contributed by atoms with Gasteiger partial charge in [0.05, 0.1) is 23.3 Å². The first-order valence-corrected chi connectivity index (χ1v) is 11.7. The smallest absolute Gasteiger partial charge is 0.338 e. The number of hydrogen-bond acceptors (Lipinski definition) is 5. The summed E-state index contributed by atoms with van der Waals surface area (Å²) in [5, 5.41) is 2.73. The Hall–Kier alpha value is -3.65. The molecule has 7 nitrogen and oxygen atoms in total. The minimum Gasteiger partial charge on any atom is -0.465 e. The molecule has 3 rings (SSSR count). The minimum absolute atomic E-state index is 0.0849. The van der Waals surface area contributed by atoms with Gasteiger partial charge in [0.15, 0.2) is 0 Å². The molecule has 0 saturated heterocycles. The van der Waals surface area contributed by atoms with Crippen molar-refractivity contribution in [3.8, 4) is 0 Å². The zero-order valence-corrected chi connectivity index (χ0v) is 19.8. The molecule has 33 heavy (non-hydrogen) atoms. The highest BCUT2D eigenvalue weighted by atomic mass is 32.2. The van der Waals surface area contributed by atoms with Gasteiger partial charge in [-0.15, -0.1) is 0 Å². The molecular weight excluding hydrogens is 440 g/mol. The second-order valence-corrected chi connectivity index (χ2v) is 9.49. The van der Waals surface area contributed by atoms with Crippen LogP contribution < -0.4 is 9.62 Å². The number of benzene rings is 3. The molecule has 0 aliphatic rings. The Labute approximate surface area is 194 Å². The fourth-order valence-corrected chi connectivity index (χ4v) is 5.03. The van der Waals surface area contributed by atoms with Crippen molar-refractivity contribution >= 4 is 33.3 Å². The zero-order chi connectivity index (χ0) is 24.2. The van der Waals surface area contributed by atoms with Gasteiger partial charge >= 0.3 is 5.97 Å². The van der Waals surface area contributed by atoms with Crippen molar-refractivity contribution in [2.45, 2.75) is 25.7 Å². The Morgan fingerprint density at radius 1 is 0.939 bits per heavy atom. The number of esters is 1. The molecule has 0 fully saturated rings. The van der Waals surface area contributed by atoms with E-state index in [1.54, 1.807) is 62.4 Å². The van der Waals surface area contributed by atoms with Gasteiger partial charge in [0, 0.05) is 5.69 Å². The molecule has 0 unspecified atom stereocenters. The Bertz CT molecular complexity index is 1290. The van der Waals surface area contributed by atoms with E-state index in [2.05, 4.69) is 5.32 Å². The van der Waals surface area contributed by atoms with E-state index in [9.17, 15) is 18.0 Å². The van der Waals surface area contributed by atoms with Crippen molar-refractivity contribution < 1.29 is 22.7 Å². The lowest BCUT2D eigenvalue weighted by molar-refractivity contribution is -0.114. The van der Waals surface area contributed by atoms with Crippen LogP contribution in [0.15, 0.2) is 71.6 Å². The summed E-state index contributed by atoms with van der Waals surface area (Å²) >= 11 is 0. The molecule has 0 aliphatic carbocycles. The average Bonchev–Trinajstić information content (AvgIpc) is 2.79. The average molecular weight is 467 g/mol. The van der Waals surface area contributed by atoms with Crippen LogP contribution in [0.25, 0.3) is 0 Å². The maximum Gasteiger partial charge on any atom is 0.338 e. The lowest BCUT2D eigenvalue weighted by Gasteiger charge is -2.26. The molecule has 1 amide bonds. The maximum atomic E-state index is 13.5. The number of aryl methyl sites for hydroxylation is 2. The van der Waals surface area contributed by atoms with Crippen LogP contribution in [0.2, 0.25) is 0 Å². The van der Waals surface area contributed by atoms with E-state index < -0.39 is 28.4 Å². The summed E-state index contributed by atoms with van der Waals surface area (Å²) in [6.07, 6.45) is 0. The first kappa shape index (κ1) is 24.0. The van der Waals surface area contributed by atoms with Crippen molar-refractivity contribution in [3.63, 3.8) is 0 Å². The van der Waals surface area contributed by atoms with Gasteiger partial charge < -0.3 is 10.1 Å². The molecule has 3 aromatic carbocycles. The summed E-state index contributed by atoms with van der Waals surface area (Å²) < 4.78 is 32.9. The summed E-state index contributed by atoms with van der Waals surface area (Å²) in [6, 6.07) is 18.2. The first-order chi connectivity index (χ1) is 15.6. The number of nitrogens with one attached hydrogen (secondary N) is 1. The number of hydrogen-bond donors (Lipinski definition) is 1. The fraction of sp³-hybridized carbons (Fsp3) is 0.200. The largest absolute Gasteiger partial charge is 0.465 e. The van der Waals surface area contributed by atoms with E-state index in [0.717, 1.165) is 15.4 Å². The topological polar surface area (TPSA) is 92.8 Å². The van der Waals surface area contributed by atoms with Crippen molar-refractivity contribution in [3.05, 3.63) is 89.0 Å². The molecule has 0 heterocycles. The number of carbonyl (C=O) groups excluding carboxylic acids is 2. The van der Waals surface area contributed by atoms with Crippen molar-refractivity contribution in [2.75, 3.05) is 23.3 Å². The number of carbonyl (C=O) groups is 2. The summed E-state index contributed by atoms with van der Waals surface area (Å²) in [5.41, 5.74) is 3.37. The van der Waals surface area contributed by atoms with Crippen LogP contribution in [0.1, 0.15) is 27.0 Å². The second kappa shape index (κ2) is 9.87. The Balaban J connectivity index is 1.98. The summed E-state index contributed by atoms with van der Waals surface area (Å²) in [7, 11) is -2.73. The molecule has 172 valence electrons. The molecule has 0 spiro atoms. The molecule has 0 saturated carbocycles. The Morgan fingerprint density at radius 2 is 1.64 bits per heavy atom. The first-order valence-electron chi connectivity index (χ1n) is 10.3. The minimum atomic E-state index is -4.01. The molecule has 0 aliphatic heterocycles. The standard InChI is InChI=1S/C25H26N2O5S/c1-17-13-14-23(18(2)15-17)27(33(30,31)20-9-6-5-7-10-20)16-24(28)26-22-12-8-11-21(19(22)3)25(29)32-4/h5-15H,16H2,1-4H3,(H,26,28). The van der Waals surface area contributed by atoms with Gasteiger partial charge in [-0.1, -0.05) is 42.0 Å². The predicted octanol–water partition coefficient (Wildman–Crippen LogP) is 4.23. The SMILES string of the molecule is COC(=O)c1cccc(NC(=O)CN(c2ccc(C)cc2C)S(=O)(=O)c2ccccc2)c1C. The Kier molecular flexibility index (Phi) is 7.18. The van der Waals surface area contributed by atoms with Crippen LogP contribution in [0.3, 0.4) is 0 Å². The molecule has 1 N–H and O–H groups in total. The van der Waals surface area contributed by atoms with Crippen LogP contribution in [0.5, 0.6) is 0 Å². The van der Waals surface area contributed by atoms with E-state index in [4.69, 9.17) is 4.74 Å². The molecule has 3 aromatic rings. The highest BCUT2D eigenvalue weighted by Gasteiger charge is 2.28. The van der Waals surface area contributed by atoms with E-state index in [-0.39, 0.29) is 4.90 Å². The highest BCUT2D eigenvalue weighted by Crippen LogP contribution is 2.28. The van der Waals surface area contributed by atoms with Gasteiger partial charge in [-0.2, -0.15) is 0 Å². The molecule has 0 aromatic heterocycles. The van der Waals surface area contributed by atoms with Crippen LogP contribution in [0, 0.1) is 20.8 Å². The van der Waals surface area contributed by atoms with Gasteiger partial charge in [-0.05, 0) is 62.2 Å². The number of rotatable bonds is 7. The molecule has 0 atom stereocenters. The normalized spacial score (nSPS) is 11.0. The van der Waals surface area contributed by atoms with Crippen LogP contribution in [-0.4, -0.2) is 33.9 Å². The molecular formula is C25H26N2O5S. The maximum absolute atomic E-state index is 13.5. The van der Waals surface area contributed by atoms with Crippen LogP contribution in [0.4, 0.5) is 11.4 Å². The van der Waals surface area contributed by atoms with E-state index in [1.807, 2.05) is 13.0 Å². The van der Waals surface area contributed by atoms with Gasteiger partial charge in [0.25, 0.3) is 10.0 Å². The predicted molar refractivity (Wildman–Crippen MR) is 128 cm³/mol. The monoisotopic (exact) mass is 466 g/mol. The number of anilines is 2. The van der Waals surface area contributed by atoms with Gasteiger partial charge in [0.1, 0.15) is 6.54 Å². The highest BCUT2D eigenvalue weighted by molar-refractivity contribution is 7.92. The summed E-state index contributed by atoms with van der Waals surface area (Å²) in [5.74, 6) is -1.06. The quantitative estimate of drug-likeness (QED) is 0.526. The van der Waals surface area contributed by atoms with Crippen molar-refractivity contribution in [1.82, 2.24) is 0 Å². The third-order valence-electron chi connectivity index (χ3n) is 5.25. The second-order valence-electron chi connectivity index (χ2n) is 7.63. The number of methoxy groups -OCH3 is 1. The van der Waals surface area contributed by atoms with Crippen LogP contribution in [-0.2, 0) is 19.6 Å². The van der Waals surface area contributed by atoms with Gasteiger partial charge in [-0.3, -0.25) is 9.10 Å². The number of sulfonamides is 1. The summed E-state index contributed by atoms with van der Waals surface area (Å²) in [6.45, 7) is 4.96. The third-order valence-corrected chi connectivity index (χ3v) is 7.03. The van der Waals surface area contributed by atoms with Gasteiger partial charge in [-0.25, -0.2) is 13.2 Å². The number of nitrogens with zero attached hydrogens (tertiary/aromatic N) is 1. The lowest BCUT2D eigenvalue weighted by atomic mass is 10.1. The van der Waals surface area contributed by atoms with Crippen LogP contribution >= 0.6 is 0 Å². The number of amides is 1. The van der Waals surface area contributed by atoms with E-state index >= 15 is 0 Å². The zero-order valence-electron chi connectivity index (χ0n) is 19.0. The fourth-order valence-electron chi connectivity index (χ4n) is 3.53. The summed E-state index contributed by atoms with van der Waals surface area (Å²) in [4.78, 5) is 25.1. The van der Waals surface area contributed by atoms with E-state index in [0.29, 0.717) is 22.5 Å². The lowest BCUT2D eigenvalue weighted by Crippen LogP contribution is -2.38. The third kappa shape index (κ3) is 5.23. The molecule has 0 radical (unpaired) electrons. The van der Waals surface area contributed by atoms with Gasteiger partial charge in [0.2, 0.25) is 5.91 Å². The number of ether oxygens (including phenoxy) is 1. The molecule has 8 heteroatoms.